The van der Waals surface area contributed by atoms with Gasteiger partial charge in [0.05, 0.1) is 24.9 Å². The fourth-order valence-corrected chi connectivity index (χ4v) is 3.25. The van der Waals surface area contributed by atoms with E-state index in [0.717, 1.165) is 11.3 Å². The molecule has 3 aromatic rings. The van der Waals surface area contributed by atoms with Crippen LogP contribution in [0, 0.1) is 0 Å². The van der Waals surface area contributed by atoms with Crippen molar-refractivity contribution in [1.82, 2.24) is 10.3 Å². The van der Waals surface area contributed by atoms with Gasteiger partial charge < -0.3 is 19.5 Å². The van der Waals surface area contributed by atoms with E-state index in [2.05, 4.69) is 15.0 Å². The second-order valence-electron chi connectivity index (χ2n) is 6.74. The summed E-state index contributed by atoms with van der Waals surface area (Å²) in [6.45, 7) is -0.874. The summed E-state index contributed by atoms with van der Waals surface area (Å²) < 4.78 is 52.0. The minimum atomic E-state index is -4.35. The van der Waals surface area contributed by atoms with Gasteiger partial charge in [-0.15, -0.1) is 11.3 Å². The minimum Gasteiger partial charge on any atom is -0.493 e. The number of halogens is 3. The van der Waals surface area contributed by atoms with Gasteiger partial charge in [-0.25, -0.2) is 4.98 Å². The molecule has 0 aliphatic carbocycles. The van der Waals surface area contributed by atoms with E-state index in [-0.39, 0.29) is 19.1 Å². The number of carbonyl (C=O) groups excluding carboxylic acids is 1. The van der Waals surface area contributed by atoms with E-state index in [9.17, 15) is 18.0 Å². The molecule has 10 heteroatoms. The Morgan fingerprint density at radius 3 is 2.47 bits per heavy atom. The van der Waals surface area contributed by atoms with Crippen LogP contribution in [0.3, 0.4) is 0 Å². The number of methoxy groups -OCH3 is 1. The SMILES string of the molecule is COc1cc(C(=O)NCc2ccc(COCC(F)(F)F)cc2)ccc1OCc1cscn1. The maximum absolute atomic E-state index is 12.5. The zero-order valence-electron chi connectivity index (χ0n) is 17.1. The van der Waals surface area contributed by atoms with Gasteiger partial charge in [0.1, 0.15) is 13.2 Å². The third-order valence-corrected chi connectivity index (χ3v) is 4.93. The summed E-state index contributed by atoms with van der Waals surface area (Å²) in [5, 5.41) is 4.68. The minimum absolute atomic E-state index is 0.136. The largest absolute Gasteiger partial charge is 0.493 e. The lowest BCUT2D eigenvalue weighted by atomic mass is 10.1. The topological polar surface area (TPSA) is 69.7 Å². The molecular formula is C22H21F3N2O4S. The first kappa shape index (κ1) is 23.6. The number of nitrogens with zero attached hydrogens (tertiary/aromatic N) is 1. The molecule has 170 valence electrons. The Bertz CT molecular complexity index is 1010. The van der Waals surface area contributed by atoms with Crippen molar-refractivity contribution >= 4 is 17.2 Å². The van der Waals surface area contributed by atoms with E-state index >= 15 is 0 Å². The quantitative estimate of drug-likeness (QED) is 0.468. The number of nitrogens with one attached hydrogen (secondary N) is 1. The first-order valence-electron chi connectivity index (χ1n) is 9.52. The number of thiazole rings is 1. The van der Waals surface area contributed by atoms with Crippen LogP contribution < -0.4 is 14.8 Å². The zero-order chi connectivity index (χ0) is 23.0. The molecule has 0 spiro atoms. The number of ether oxygens (including phenoxy) is 3. The number of aromatic nitrogens is 1. The molecule has 6 nitrogen and oxygen atoms in total. The highest BCUT2D eigenvalue weighted by atomic mass is 32.1. The van der Waals surface area contributed by atoms with Gasteiger partial charge >= 0.3 is 6.18 Å². The van der Waals surface area contributed by atoms with Crippen LogP contribution in [0.1, 0.15) is 27.2 Å². The van der Waals surface area contributed by atoms with Crippen molar-refractivity contribution < 1.29 is 32.2 Å². The Labute approximate surface area is 187 Å². The Morgan fingerprint density at radius 1 is 1.06 bits per heavy atom. The van der Waals surface area contributed by atoms with Gasteiger partial charge in [0.15, 0.2) is 11.5 Å². The molecule has 32 heavy (non-hydrogen) atoms. The van der Waals surface area contributed by atoms with E-state index in [0.29, 0.717) is 29.2 Å². The van der Waals surface area contributed by atoms with Crippen LogP contribution in [0.15, 0.2) is 53.4 Å². The summed E-state index contributed by atoms with van der Waals surface area (Å²) in [4.78, 5) is 16.7. The lowest BCUT2D eigenvalue weighted by Gasteiger charge is -2.12. The number of hydrogen-bond acceptors (Lipinski definition) is 6. The summed E-state index contributed by atoms with van der Waals surface area (Å²) in [5.41, 5.74) is 4.34. The molecule has 1 N–H and O–H groups in total. The van der Waals surface area contributed by atoms with Gasteiger partial charge in [-0.3, -0.25) is 4.79 Å². The molecule has 0 saturated carbocycles. The van der Waals surface area contributed by atoms with Crippen molar-refractivity contribution in [2.75, 3.05) is 13.7 Å². The maximum Gasteiger partial charge on any atom is 0.411 e. The summed E-state index contributed by atoms with van der Waals surface area (Å²) >= 11 is 1.48. The molecule has 0 bridgehead atoms. The Balaban J connectivity index is 1.51. The fraction of sp³-hybridized carbons (Fsp3) is 0.273. The van der Waals surface area contributed by atoms with Gasteiger partial charge in [0, 0.05) is 17.5 Å². The molecule has 0 unspecified atom stereocenters. The Kier molecular flexibility index (Phi) is 8.07. The first-order chi connectivity index (χ1) is 15.3. The standard InChI is InChI=1S/C22H21F3N2O4S/c1-29-20-8-17(6-7-19(20)31-11-18-12-32-14-27-18)21(28)26-9-15-2-4-16(5-3-15)10-30-13-22(23,24)25/h2-8,12,14H,9-11,13H2,1H3,(H,26,28). The highest BCUT2D eigenvalue weighted by Crippen LogP contribution is 2.29. The highest BCUT2D eigenvalue weighted by molar-refractivity contribution is 7.07. The van der Waals surface area contributed by atoms with E-state index in [1.165, 1.54) is 18.4 Å². The second kappa shape index (κ2) is 11.0. The third-order valence-electron chi connectivity index (χ3n) is 4.30. The van der Waals surface area contributed by atoms with Gasteiger partial charge in [-0.2, -0.15) is 13.2 Å². The van der Waals surface area contributed by atoms with Crippen LogP contribution in [0.4, 0.5) is 13.2 Å². The third kappa shape index (κ3) is 7.24. The number of rotatable bonds is 10. The molecule has 1 heterocycles. The second-order valence-corrected chi connectivity index (χ2v) is 7.46. The van der Waals surface area contributed by atoms with Crippen LogP contribution >= 0.6 is 11.3 Å². The molecule has 1 amide bonds. The monoisotopic (exact) mass is 466 g/mol. The smallest absolute Gasteiger partial charge is 0.411 e. The summed E-state index contributed by atoms with van der Waals surface area (Å²) in [6, 6.07) is 11.7. The molecule has 3 rings (SSSR count). The normalized spacial score (nSPS) is 11.2. The predicted molar refractivity (Wildman–Crippen MR) is 113 cm³/mol. The van der Waals surface area contributed by atoms with E-state index in [4.69, 9.17) is 9.47 Å². The van der Waals surface area contributed by atoms with Gasteiger partial charge in [0.25, 0.3) is 5.91 Å². The molecule has 2 aromatic carbocycles. The molecule has 0 saturated heterocycles. The van der Waals surface area contributed by atoms with Crippen molar-refractivity contribution in [1.29, 1.82) is 0 Å². The van der Waals surface area contributed by atoms with Crippen molar-refractivity contribution in [3.8, 4) is 11.5 Å². The molecule has 0 atom stereocenters. The molecule has 1 aromatic heterocycles. The van der Waals surface area contributed by atoms with Crippen molar-refractivity contribution in [3.63, 3.8) is 0 Å². The fourth-order valence-electron chi connectivity index (χ4n) is 2.71. The number of benzene rings is 2. The van der Waals surface area contributed by atoms with Gasteiger partial charge in [-0.1, -0.05) is 24.3 Å². The van der Waals surface area contributed by atoms with Crippen molar-refractivity contribution in [2.24, 2.45) is 0 Å². The van der Waals surface area contributed by atoms with Gasteiger partial charge in [0.2, 0.25) is 0 Å². The summed E-state index contributed by atoms with van der Waals surface area (Å²) in [6.07, 6.45) is -4.35. The molecule has 0 aliphatic heterocycles. The van der Waals surface area contributed by atoms with Gasteiger partial charge in [-0.05, 0) is 29.3 Å². The van der Waals surface area contributed by atoms with Crippen LogP contribution in [0.25, 0.3) is 0 Å². The number of carbonyl (C=O) groups is 1. The van der Waals surface area contributed by atoms with Crippen LogP contribution in [-0.2, 0) is 24.5 Å². The highest BCUT2D eigenvalue weighted by Gasteiger charge is 2.27. The van der Waals surface area contributed by atoms with E-state index in [1.54, 1.807) is 48.0 Å². The molecule has 0 radical (unpaired) electrons. The summed E-state index contributed by atoms with van der Waals surface area (Å²) in [5.74, 6) is 0.628. The summed E-state index contributed by atoms with van der Waals surface area (Å²) in [7, 11) is 1.49. The lowest BCUT2D eigenvalue weighted by molar-refractivity contribution is -0.176. The maximum atomic E-state index is 12.5. The first-order valence-corrected chi connectivity index (χ1v) is 10.5. The van der Waals surface area contributed by atoms with E-state index < -0.39 is 12.8 Å². The molecular weight excluding hydrogens is 445 g/mol. The Morgan fingerprint density at radius 2 is 1.81 bits per heavy atom. The number of alkyl halides is 3. The molecule has 0 aliphatic rings. The van der Waals surface area contributed by atoms with Crippen LogP contribution in [0.5, 0.6) is 11.5 Å². The van der Waals surface area contributed by atoms with Crippen LogP contribution in [0.2, 0.25) is 0 Å². The van der Waals surface area contributed by atoms with Crippen molar-refractivity contribution in [2.45, 2.75) is 25.9 Å². The van der Waals surface area contributed by atoms with E-state index in [1.807, 2.05) is 5.38 Å². The molecule has 0 fully saturated rings. The van der Waals surface area contributed by atoms with Crippen LogP contribution in [-0.4, -0.2) is 30.8 Å². The lowest BCUT2D eigenvalue weighted by Crippen LogP contribution is -2.22. The Hall–Kier alpha value is -3.11. The van der Waals surface area contributed by atoms with Crippen molar-refractivity contribution in [3.05, 3.63) is 75.7 Å². The number of hydrogen-bond donors (Lipinski definition) is 1. The average Bonchev–Trinajstić information content (AvgIpc) is 3.29. The zero-order valence-corrected chi connectivity index (χ0v) is 18.0. The predicted octanol–water partition coefficient (Wildman–Crippen LogP) is 4.74. The average molecular weight is 466 g/mol. The number of amides is 1.